The second-order valence-electron chi connectivity index (χ2n) is 6.83. The Morgan fingerprint density at radius 2 is 1.97 bits per heavy atom. The van der Waals surface area contributed by atoms with Crippen LogP contribution in [0.25, 0.3) is 0 Å². The number of carbonyl (C=O) groups is 2. The van der Waals surface area contributed by atoms with Crippen molar-refractivity contribution in [2.45, 2.75) is 24.9 Å². The van der Waals surface area contributed by atoms with E-state index in [0.29, 0.717) is 11.4 Å². The van der Waals surface area contributed by atoms with Crippen LogP contribution < -0.4 is 15.3 Å². The SMILES string of the molecule is CC1(C)C(=O)N(c2ccc(C#N)c(Cl)c2)C(S)N1c1ccc(C(=O)NO)c(F)c1. The van der Waals surface area contributed by atoms with Crippen LogP contribution >= 0.6 is 24.2 Å². The van der Waals surface area contributed by atoms with Gasteiger partial charge in [0, 0.05) is 11.4 Å². The van der Waals surface area contributed by atoms with Crippen LogP contribution in [0.3, 0.4) is 0 Å². The first kappa shape index (κ1) is 20.9. The van der Waals surface area contributed by atoms with Crippen LogP contribution in [0.4, 0.5) is 15.8 Å². The van der Waals surface area contributed by atoms with Gasteiger partial charge in [-0.15, -0.1) is 12.6 Å². The molecule has 2 N–H and O–H groups in total. The van der Waals surface area contributed by atoms with Gasteiger partial charge in [0.2, 0.25) is 0 Å². The topological polar surface area (TPSA) is 96.7 Å². The Morgan fingerprint density at radius 1 is 1.31 bits per heavy atom. The predicted octanol–water partition coefficient (Wildman–Crippen LogP) is 3.31. The number of hydroxylamine groups is 1. The summed E-state index contributed by atoms with van der Waals surface area (Å²) in [5.74, 6) is -2.16. The molecule has 2 amide bonds. The van der Waals surface area contributed by atoms with Gasteiger partial charge >= 0.3 is 0 Å². The van der Waals surface area contributed by atoms with Crippen molar-refractivity contribution in [3.05, 3.63) is 58.4 Å². The molecule has 0 saturated carbocycles. The first-order valence-corrected chi connectivity index (χ1v) is 9.27. The number of hydrogen-bond donors (Lipinski definition) is 3. The number of amides is 2. The van der Waals surface area contributed by atoms with E-state index in [2.05, 4.69) is 12.6 Å². The van der Waals surface area contributed by atoms with Crippen molar-refractivity contribution >= 4 is 47.4 Å². The fourth-order valence-electron chi connectivity index (χ4n) is 3.26. The summed E-state index contributed by atoms with van der Waals surface area (Å²) in [4.78, 5) is 27.6. The van der Waals surface area contributed by atoms with E-state index >= 15 is 0 Å². The van der Waals surface area contributed by atoms with Crippen molar-refractivity contribution in [1.82, 2.24) is 5.48 Å². The van der Waals surface area contributed by atoms with Crippen LogP contribution in [0.5, 0.6) is 0 Å². The van der Waals surface area contributed by atoms with Crippen molar-refractivity contribution in [3.8, 4) is 6.07 Å². The van der Waals surface area contributed by atoms with Gasteiger partial charge in [-0.05, 0) is 50.2 Å². The molecule has 150 valence electrons. The molecular weight excluding hydrogens is 419 g/mol. The third-order valence-electron chi connectivity index (χ3n) is 4.73. The molecule has 1 unspecified atom stereocenters. The zero-order chi connectivity index (χ0) is 21.5. The molecule has 1 heterocycles. The van der Waals surface area contributed by atoms with Crippen molar-refractivity contribution in [3.63, 3.8) is 0 Å². The van der Waals surface area contributed by atoms with Gasteiger partial charge in [-0.1, -0.05) is 11.6 Å². The van der Waals surface area contributed by atoms with Crippen LogP contribution in [0, 0.1) is 17.1 Å². The summed E-state index contributed by atoms with van der Waals surface area (Å²) in [5.41, 5.74) is 0.161. The minimum atomic E-state index is -1.10. The zero-order valence-corrected chi connectivity index (χ0v) is 17.0. The number of benzene rings is 2. The number of thiol groups is 1. The lowest BCUT2D eigenvalue weighted by molar-refractivity contribution is -0.120. The molecule has 1 fully saturated rings. The van der Waals surface area contributed by atoms with Gasteiger partial charge in [-0.25, -0.2) is 9.87 Å². The lowest BCUT2D eigenvalue weighted by Gasteiger charge is -2.33. The van der Waals surface area contributed by atoms with E-state index in [9.17, 15) is 14.0 Å². The molecule has 2 aromatic carbocycles. The number of halogens is 2. The first-order chi connectivity index (χ1) is 13.6. The Labute approximate surface area is 176 Å². The standard InChI is InChI=1S/C19H16ClFN4O3S/c1-19(2)17(27)24(11-4-3-10(9-22)14(20)7-11)18(29)25(19)12-5-6-13(15(21)8-12)16(26)23-28/h3-8,18,28-29H,1-2H3,(H,23,26). The summed E-state index contributed by atoms with van der Waals surface area (Å²) < 4.78 is 14.4. The maximum atomic E-state index is 14.4. The molecule has 1 atom stereocenters. The largest absolute Gasteiger partial charge is 0.328 e. The molecule has 7 nitrogen and oxygen atoms in total. The molecule has 0 bridgehead atoms. The van der Waals surface area contributed by atoms with Gasteiger partial charge in [-0.3, -0.25) is 19.7 Å². The number of nitrogens with one attached hydrogen (secondary N) is 1. The third kappa shape index (κ3) is 3.40. The number of rotatable bonds is 3. The summed E-state index contributed by atoms with van der Waals surface area (Å²) >= 11 is 10.7. The quantitative estimate of drug-likeness (QED) is 0.391. The second-order valence-corrected chi connectivity index (χ2v) is 7.70. The normalized spacial score (nSPS) is 18.0. The van der Waals surface area contributed by atoms with Crippen molar-refractivity contribution < 1.29 is 19.2 Å². The van der Waals surface area contributed by atoms with Gasteiger partial charge in [-0.2, -0.15) is 5.26 Å². The van der Waals surface area contributed by atoms with E-state index in [1.807, 2.05) is 6.07 Å². The van der Waals surface area contributed by atoms with Gasteiger partial charge in [0.15, 0.2) is 5.50 Å². The Kier molecular flexibility index (Phi) is 5.45. The molecule has 10 heteroatoms. The smallest absolute Gasteiger partial charge is 0.277 e. The minimum Gasteiger partial charge on any atom is -0.328 e. The second kappa shape index (κ2) is 7.55. The Bertz CT molecular complexity index is 1060. The molecule has 1 saturated heterocycles. The van der Waals surface area contributed by atoms with Crippen molar-refractivity contribution in [1.29, 1.82) is 5.26 Å². The average molecular weight is 435 g/mol. The molecule has 0 aromatic heterocycles. The molecule has 1 aliphatic heterocycles. The summed E-state index contributed by atoms with van der Waals surface area (Å²) in [6, 6.07) is 10.3. The lowest BCUT2D eigenvalue weighted by atomic mass is 10.0. The van der Waals surface area contributed by atoms with E-state index in [-0.39, 0.29) is 22.1 Å². The minimum absolute atomic E-state index is 0.194. The number of nitriles is 1. The molecule has 2 aromatic rings. The van der Waals surface area contributed by atoms with Gasteiger partial charge in [0.25, 0.3) is 11.8 Å². The highest BCUT2D eigenvalue weighted by atomic mass is 35.5. The maximum absolute atomic E-state index is 14.4. The highest BCUT2D eigenvalue weighted by Gasteiger charge is 2.51. The summed E-state index contributed by atoms with van der Waals surface area (Å²) in [6.45, 7) is 3.33. The Morgan fingerprint density at radius 3 is 2.52 bits per heavy atom. The van der Waals surface area contributed by atoms with Crippen LogP contribution in [0.15, 0.2) is 36.4 Å². The fraction of sp³-hybridized carbons (Fsp3) is 0.211. The highest BCUT2D eigenvalue weighted by Crippen LogP contribution is 2.41. The maximum Gasteiger partial charge on any atom is 0.277 e. The Hall–Kier alpha value is -2.80. The van der Waals surface area contributed by atoms with E-state index < -0.39 is 22.8 Å². The number of hydrogen-bond acceptors (Lipinski definition) is 6. The number of carbonyl (C=O) groups excluding carboxylic acids is 2. The third-order valence-corrected chi connectivity index (χ3v) is 5.51. The molecular formula is C19H16ClFN4O3S. The molecule has 0 aliphatic carbocycles. The van der Waals surface area contributed by atoms with Gasteiger partial charge in [0.05, 0.1) is 16.1 Å². The highest BCUT2D eigenvalue weighted by molar-refractivity contribution is 7.81. The average Bonchev–Trinajstić information content (AvgIpc) is 2.85. The van der Waals surface area contributed by atoms with Crippen molar-refractivity contribution in [2.24, 2.45) is 0 Å². The fourth-order valence-corrected chi connectivity index (χ4v) is 4.13. The Balaban J connectivity index is 2.04. The van der Waals surface area contributed by atoms with Gasteiger partial charge < -0.3 is 4.90 Å². The predicted molar refractivity (Wildman–Crippen MR) is 109 cm³/mol. The van der Waals surface area contributed by atoms with Crippen LogP contribution in [0.2, 0.25) is 5.02 Å². The first-order valence-electron chi connectivity index (χ1n) is 8.38. The van der Waals surface area contributed by atoms with Crippen molar-refractivity contribution in [2.75, 3.05) is 9.80 Å². The molecule has 29 heavy (non-hydrogen) atoms. The summed E-state index contributed by atoms with van der Waals surface area (Å²) in [6.07, 6.45) is 0. The van der Waals surface area contributed by atoms with Crippen LogP contribution in [0.1, 0.15) is 29.8 Å². The van der Waals surface area contributed by atoms with E-state index in [0.717, 1.165) is 6.07 Å². The zero-order valence-electron chi connectivity index (χ0n) is 15.3. The summed E-state index contributed by atoms with van der Waals surface area (Å²) in [5, 5.41) is 17.9. The number of nitrogens with zero attached hydrogens (tertiary/aromatic N) is 3. The molecule has 0 spiro atoms. The molecule has 3 rings (SSSR count). The van der Waals surface area contributed by atoms with E-state index in [1.54, 1.807) is 24.8 Å². The van der Waals surface area contributed by atoms with Crippen LogP contribution in [-0.2, 0) is 4.79 Å². The molecule has 1 aliphatic rings. The summed E-state index contributed by atoms with van der Waals surface area (Å²) in [7, 11) is 0. The monoisotopic (exact) mass is 434 g/mol. The van der Waals surface area contributed by atoms with E-state index in [4.69, 9.17) is 22.1 Å². The van der Waals surface area contributed by atoms with Gasteiger partial charge in [0.1, 0.15) is 17.4 Å². The lowest BCUT2D eigenvalue weighted by Crippen LogP contribution is -2.45. The van der Waals surface area contributed by atoms with Crippen LogP contribution in [-0.4, -0.2) is 28.1 Å². The van der Waals surface area contributed by atoms with E-state index in [1.165, 1.54) is 34.6 Å². The number of anilines is 2. The molecule has 0 radical (unpaired) electrons.